The van der Waals surface area contributed by atoms with E-state index in [1.54, 1.807) is 13.8 Å². The van der Waals surface area contributed by atoms with E-state index in [1.165, 1.54) is 5.56 Å². The molecule has 0 bridgehead atoms. The number of aryl methyl sites for hydroxylation is 1. The maximum atomic E-state index is 11.1. The molecule has 16 heavy (non-hydrogen) atoms. The van der Waals surface area contributed by atoms with E-state index in [0.29, 0.717) is 0 Å². The second-order valence-electron chi connectivity index (χ2n) is 4.70. The zero-order valence-electron chi connectivity index (χ0n) is 9.66. The highest BCUT2D eigenvalue weighted by atomic mass is 16.4. The van der Waals surface area contributed by atoms with Gasteiger partial charge >= 0.3 is 5.97 Å². The largest absolute Gasteiger partial charge is 0.481 e. The van der Waals surface area contributed by atoms with Crippen molar-refractivity contribution in [3.63, 3.8) is 0 Å². The van der Waals surface area contributed by atoms with E-state index in [2.05, 4.69) is 4.98 Å². The molecule has 1 heterocycles. The molecule has 2 aromatic rings. The Morgan fingerprint density at radius 1 is 1.31 bits per heavy atom. The Labute approximate surface area is 94.1 Å². The summed E-state index contributed by atoms with van der Waals surface area (Å²) < 4.78 is 0. The van der Waals surface area contributed by atoms with Crippen LogP contribution in [0.25, 0.3) is 10.9 Å². The first-order valence-electron chi connectivity index (χ1n) is 5.24. The van der Waals surface area contributed by atoms with E-state index in [9.17, 15) is 4.79 Å². The summed E-state index contributed by atoms with van der Waals surface area (Å²) in [5.74, 6) is -0.823. The highest BCUT2D eigenvalue weighted by Gasteiger charge is 2.30. The smallest absolute Gasteiger partial charge is 0.315 e. The Kier molecular flexibility index (Phi) is 2.26. The number of carbonyl (C=O) groups is 1. The molecular formula is C13H15NO2. The normalized spacial score (nSPS) is 11.9. The quantitative estimate of drug-likeness (QED) is 0.812. The topological polar surface area (TPSA) is 53.1 Å². The lowest BCUT2D eigenvalue weighted by molar-refractivity contribution is -0.142. The molecule has 0 fully saturated rings. The van der Waals surface area contributed by atoms with Crippen molar-refractivity contribution in [2.24, 2.45) is 0 Å². The summed E-state index contributed by atoms with van der Waals surface area (Å²) in [6.45, 7) is 5.42. The van der Waals surface area contributed by atoms with Crippen LogP contribution < -0.4 is 0 Å². The molecule has 0 atom stereocenters. The van der Waals surface area contributed by atoms with Crippen LogP contribution >= 0.6 is 0 Å². The summed E-state index contributed by atoms with van der Waals surface area (Å²) in [5.41, 5.74) is 2.01. The highest BCUT2D eigenvalue weighted by molar-refractivity contribution is 5.86. The number of aliphatic carboxylic acids is 1. The molecule has 0 aliphatic rings. The summed E-state index contributed by atoms with van der Waals surface area (Å²) in [7, 11) is 0. The lowest BCUT2D eigenvalue weighted by atomic mass is 9.90. The van der Waals surface area contributed by atoms with E-state index in [4.69, 9.17) is 5.11 Å². The van der Waals surface area contributed by atoms with Gasteiger partial charge < -0.3 is 10.1 Å². The van der Waals surface area contributed by atoms with Gasteiger partial charge in [-0.2, -0.15) is 0 Å². The highest BCUT2D eigenvalue weighted by Crippen LogP contribution is 2.27. The number of fused-ring (bicyclic) bond motifs is 1. The fourth-order valence-corrected chi connectivity index (χ4v) is 1.70. The summed E-state index contributed by atoms with van der Waals surface area (Å²) in [5, 5.41) is 10.2. The number of hydrogen-bond donors (Lipinski definition) is 2. The zero-order valence-corrected chi connectivity index (χ0v) is 9.66. The van der Waals surface area contributed by atoms with Gasteiger partial charge in [0.2, 0.25) is 0 Å². The van der Waals surface area contributed by atoms with Gasteiger partial charge in [-0.05, 0) is 44.4 Å². The van der Waals surface area contributed by atoms with Crippen LogP contribution in [0.5, 0.6) is 0 Å². The van der Waals surface area contributed by atoms with E-state index >= 15 is 0 Å². The predicted molar refractivity (Wildman–Crippen MR) is 63.7 cm³/mol. The number of carboxylic acid groups (broad SMARTS) is 1. The predicted octanol–water partition coefficient (Wildman–Crippen LogP) is 2.84. The SMILES string of the molecule is Cc1ccc2[nH]c(C(C)(C)C(=O)O)cc2c1. The average molecular weight is 217 g/mol. The number of aromatic nitrogens is 1. The molecule has 0 radical (unpaired) electrons. The van der Waals surface area contributed by atoms with Gasteiger partial charge in [0.25, 0.3) is 0 Å². The van der Waals surface area contributed by atoms with Crippen LogP contribution in [0.15, 0.2) is 24.3 Å². The molecule has 0 saturated carbocycles. The number of H-pyrrole nitrogens is 1. The van der Waals surface area contributed by atoms with Crippen molar-refractivity contribution in [2.75, 3.05) is 0 Å². The molecule has 1 aromatic heterocycles. The van der Waals surface area contributed by atoms with E-state index < -0.39 is 11.4 Å². The monoisotopic (exact) mass is 217 g/mol. The molecule has 0 amide bonds. The third-order valence-electron chi connectivity index (χ3n) is 2.98. The Morgan fingerprint density at radius 2 is 2.00 bits per heavy atom. The number of nitrogens with one attached hydrogen (secondary N) is 1. The summed E-state index contributed by atoms with van der Waals surface area (Å²) >= 11 is 0. The first kappa shape index (κ1) is 10.7. The third kappa shape index (κ3) is 1.58. The molecule has 2 rings (SSSR count). The van der Waals surface area contributed by atoms with Crippen LogP contribution in [-0.4, -0.2) is 16.1 Å². The Hall–Kier alpha value is -1.77. The maximum absolute atomic E-state index is 11.1. The summed E-state index contributed by atoms with van der Waals surface area (Å²) in [4.78, 5) is 14.3. The van der Waals surface area contributed by atoms with Crippen molar-refractivity contribution in [3.05, 3.63) is 35.5 Å². The molecule has 1 aromatic carbocycles. The summed E-state index contributed by atoms with van der Waals surface area (Å²) in [6.07, 6.45) is 0. The van der Waals surface area contributed by atoms with E-state index in [1.807, 2.05) is 31.2 Å². The van der Waals surface area contributed by atoms with Crippen LogP contribution in [-0.2, 0) is 10.2 Å². The van der Waals surface area contributed by atoms with E-state index in [-0.39, 0.29) is 0 Å². The lowest BCUT2D eigenvalue weighted by Crippen LogP contribution is -2.28. The van der Waals surface area contributed by atoms with Gasteiger partial charge in [-0.15, -0.1) is 0 Å². The van der Waals surface area contributed by atoms with Gasteiger partial charge in [0.15, 0.2) is 0 Å². The molecular weight excluding hydrogens is 202 g/mol. The molecule has 3 nitrogen and oxygen atoms in total. The van der Waals surface area contributed by atoms with Crippen molar-refractivity contribution in [3.8, 4) is 0 Å². The minimum absolute atomic E-state index is 0.737. The number of hydrogen-bond acceptors (Lipinski definition) is 1. The van der Waals surface area contributed by atoms with Gasteiger partial charge in [-0.25, -0.2) is 0 Å². The van der Waals surface area contributed by atoms with Crippen molar-refractivity contribution in [2.45, 2.75) is 26.2 Å². The van der Waals surface area contributed by atoms with Gasteiger partial charge in [0.05, 0.1) is 0 Å². The van der Waals surface area contributed by atoms with Crippen LogP contribution in [0.3, 0.4) is 0 Å². The molecule has 2 N–H and O–H groups in total. The van der Waals surface area contributed by atoms with Crippen LogP contribution in [0.1, 0.15) is 25.1 Å². The third-order valence-corrected chi connectivity index (χ3v) is 2.98. The van der Waals surface area contributed by atoms with Crippen LogP contribution in [0, 0.1) is 6.92 Å². The molecule has 84 valence electrons. The molecule has 0 aliphatic carbocycles. The van der Waals surface area contributed by atoms with Crippen molar-refractivity contribution in [1.82, 2.24) is 4.98 Å². The van der Waals surface area contributed by atoms with Gasteiger partial charge in [0.1, 0.15) is 5.41 Å². The Morgan fingerprint density at radius 3 is 2.62 bits per heavy atom. The van der Waals surface area contributed by atoms with Crippen molar-refractivity contribution < 1.29 is 9.90 Å². The molecule has 0 unspecified atom stereocenters. The molecule has 0 aliphatic heterocycles. The van der Waals surface area contributed by atoms with Gasteiger partial charge in [-0.3, -0.25) is 4.79 Å². The first-order valence-corrected chi connectivity index (χ1v) is 5.24. The fraction of sp³-hybridized carbons (Fsp3) is 0.308. The molecule has 0 saturated heterocycles. The number of benzene rings is 1. The van der Waals surface area contributed by atoms with Crippen LogP contribution in [0.2, 0.25) is 0 Å². The number of rotatable bonds is 2. The second kappa shape index (κ2) is 3.37. The first-order chi connectivity index (χ1) is 7.41. The summed E-state index contributed by atoms with van der Waals surface area (Å²) in [6, 6.07) is 7.95. The minimum atomic E-state index is -0.882. The van der Waals surface area contributed by atoms with Gasteiger partial charge in [0, 0.05) is 11.2 Å². The molecule has 3 heteroatoms. The number of carboxylic acids is 1. The minimum Gasteiger partial charge on any atom is -0.481 e. The number of aromatic amines is 1. The Bertz CT molecular complexity index is 552. The second-order valence-corrected chi connectivity index (χ2v) is 4.70. The Balaban J connectivity index is 2.59. The standard InChI is InChI=1S/C13H15NO2/c1-8-4-5-10-9(6-8)7-11(14-10)13(2,3)12(15)16/h4-7,14H,1-3H3,(H,15,16). The van der Waals surface area contributed by atoms with Crippen molar-refractivity contribution in [1.29, 1.82) is 0 Å². The maximum Gasteiger partial charge on any atom is 0.315 e. The van der Waals surface area contributed by atoms with Crippen LogP contribution in [0.4, 0.5) is 0 Å². The lowest BCUT2D eigenvalue weighted by Gasteiger charge is -2.16. The van der Waals surface area contributed by atoms with Gasteiger partial charge in [-0.1, -0.05) is 11.6 Å². The van der Waals surface area contributed by atoms with E-state index in [0.717, 1.165) is 16.6 Å². The average Bonchev–Trinajstić information content (AvgIpc) is 2.60. The zero-order chi connectivity index (χ0) is 11.9. The molecule has 0 spiro atoms. The van der Waals surface area contributed by atoms with Crippen molar-refractivity contribution >= 4 is 16.9 Å². The fourth-order valence-electron chi connectivity index (χ4n) is 1.70.